The van der Waals surface area contributed by atoms with Crippen molar-refractivity contribution in [2.45, 2.75) is 24.8 Å². The summed E-state index contributed by atoms with van der Waals surface area (Å²) in [7, 11) is 0. The van der Waals surface area contributed by atoms with Gasteiger partial charge in [-0.15, -0.1) is 11.3 Å². The van der Waals surface area contributed by atoms with Crippen LogP contribution in [-0.4, -0.2) is 21.0 Å². The highest BCUT2D eigenvalue weighted by atomic mass is 32.1. The molecule has 8 aromatic rings. The number of hydrogen-bond donors (Lipinski definition) is 0. The van der Waals surface area contributed by atoms with E-state index < -0.39 is 0 Å². The minimum Gasteiger partial charge on any atom is -0.332 e. The van der Waals surface area contributed by atoms with Crippen molar-refractivity contribution >= 4 is 53.7 Å². The molecular weight excluding hydrogens is 653 g/mol. The zero-order valence-corrected chi connectivity index (χ0v) is 29.1. The molecule has 3 heterocycles. The van der Waals surface area contributed by atoms with Crippen molar-refractivity contribution in [1.29, 1.82) is 0 Å². The smallest absolute Gasteiger partial charge is 0.164 e. The lowest BCUT2D eigenvalue weighted by molar-refractivity contribution is 0.724. The molecule has 2 aromatic heterocycles. The molecular formula is C47H32N4S. The Morgan fingerprint density at radius 2 is 1.27 bits per heavy atom. The van der Waals surface area contributed by atoms with Crippen LogP contribution in [0.2, 0.25) is 0 Å². The fourth-order valence-corrected chi connectivity index (χ4v) is 9.57. The first-order valence-electron chi connectivity index (χ1n) is 18.0. The Labute approximate surface area is 305 Å². The van der Waals surface area contributed by atoms with Crippen LogP contribution in [0.25, 0.3) is 65.1 Å². The standard InChI is InChI=1S/C47H32N4S/c1-3-12-29(13-4-1)45-48-46(30-14-5-2-6-15-30)50-47(49-45)35-22-23-43-39(26-35)36-20-11-21-40(44(36)52-43)51-41-27-33-18-9-7-16-31(33)24-37(41)38-25-32-17-8-10-19-34(32)28-42(38)51/h1-7,9-16,18-28,38,42H,8,17H2. The molecule has 0 saturated heterocycles. The van der Waals surface area contributed by atoms with Crippen molar-refractivity contribution in [3.63, 3.8) is 0 Å². The second kappa shape index (κ2) is 11.7. The summed E-state index contributed by atoms with van der Waals surface area (Å²) in [5, 5.41) is 5.05. The minimum atomic E-state index is 0.206. The number of thiophene rings is 1. The molecule has 0 amide bonds. The number of anilines is 2. The highest BCUT2D eigenvalue weighted by molar-refractivity contribution is 7.26. The lowest BCUT2D eigenvalue weighted by atomic mass is 9.81. The number of aromatic nitrogens is 3. The van der Waals surface area contributed by atoms with Gasteiger partial charge in [0.05, 0.1) is 16.4 Å². The third kappa shape index (κ3) is 4.70. The molecule has 11 rings (SSSR count). The molecule has 3 aliphatic rings. The van der Waals surface area contributed by atoms with E-state index in [-0.39, 0.29) is 6.04 Å². The Hall–Kier alpha value is -6.17. The Balaban J connectivity index is 1.08. The van der Waals surface area contributed by atoms with E-state index in [0.717, 1.165) is 29.5 Å². The predicted molar refractivity (Wildman–Crippen MR) is 216 cm³/mol. The van der Waals surface area contributed by atoms with Gasteiger partial charge in [-0.05, 0) is 76.7 Å². The summed E-state index contributed by atoms with van der Waals surface area (Å²) in [5.41, 5.74) is 9.77. The summed E-state index contributed by atoms with van der Waals surface area (Å²) in [6.07, 6.45) is 12.0. The van der Waals surface area contributed by atoms with Gasteiger partial charge in [-0.25, -0.2) is 15.0 Å². The zero-order valence-electron chi connectivity index (χ0n) is 28.3. The average molecular weight is 685 g/mol. The Morgan fingerprint density at radius 3 is 2.02 bits per heavy atom. The van der Waals surface area contributed by atoms with E-state index in [1.165, 1.54) is 59.0 Å². The second-order valence-corrected chi connectivity index (χ2v) is 15.0. The fourth-order valence-electron chi connectivity index (χ4n) is 8.38. The highest BCUT2D eigenvalue weighted by Gasteiger charge is 2.40. The van der Waals surface area contributed by atoms with Gasteiger partial charge < -0.3 is 4.90 Å². The third-order valence-corrected chi connectivity index (χ3v) is 12.1. The van der Waals surface area contributed by atoms with Crippen LogP contribution in [0.1, 0.15) is 24.3 Å². The maximum absolute atomic E-state index is 5.03. The first-order valence-corrected chi connectivity index (χ1v) is 18.8. The van der Waals surface area contributed by atoms with Crippen molar-refractivity contribution in [2.75, 3.05) is 4.90 Å². The molecule has 246 valence electrons. The summed E-state index contributed by atoms with van der Waals surface area (Å²) in [4.78, 5) is 17.6. The lowest BCUT2D eigenvalue weighted by Gasteiger charge is -2.32. The predicted octanol–water partition coefficient (Wildman–Crippen LogP) is 12.2. The van der Waals surface area contributed by atoms with Gasteiger partial charge in [0.2, 0.25) is 0 Å². The van der Waals surface area contributed by atoms with Crippen LogP contribution in [0.15, 0.2) is 169 Å². The first-order chi connectivity index (χ1) is 25.7. The van der Waals surface area contributed by atoms with Crippen molar-refractivity contribution in [1.82, 2.24) is 15.0 Å². The Bertz CT molecular complexity index is 2760. The number of fused-ring (bicyclic) bond motifs is 8. The second-order valence-electron chi connectivity index (χ2n) is 13.9. The van der Waals surface area contributed by atoms with Crippen LogP contribution >= 0.6 is 11.3 Å². The van der Waals surface area contributed by atoms with Crippen LogP contribution in [0.4, 0.5) is 11.4 Å². The SMILES string of the molecule is C1=CC2=CC3C(C=C2CC1)c1cc2ccccc2cc1N3c1cccc2c1sc1ccc(-c3nc(-c4ccccc4)nc(-c4ccccc4)n3)cc12. The number of benzene rings is 6. The zero-order chi connectivity index (χ0) is 34.2. The molecule has 0 fully saturated rings. The summed E-state index contributed by atoms with van der Waals surface area (Å²) in [6, 6.07) is 47.7. The average Bonchev–Trinajstić information content (AvgIpc) is 3.74. The number of rotatable bonds is 4. The number of hydrogen-bond acceptors (Lipinski definition) is 5. The topological polar surface area (TPSA) is 41.9 Å². The summed E-state index contributed by atoms with van der Waals surface area (Å²) >= 11 is 1.87. The summed E-state index contributed by atoms with van der Waals surface area (Å²) in [5.74, 6) is 2.32. The van der Waals surface area contributed by atoms with E-state index in [4.69, 9.17) is 15.0 Å². The molecule has 2 unspecified atom stereocenters. The van der Waals surface area contributed by atoms with Crippen molar-refractivity contribution in [2.24, 2.45) is 0 Å². The van der Waals surface area contributed by atoms with E-state index in [0.29, 0.717) is 23.4 Å². The van der Waals surface area contributed by atoms with Crippen molar-refractivity contribution in [3.8, 4) is 34.2 Å². The molecule has 2 atom stereocenters. The van der Waals surface area contributed by atoms with E-state index in [1.54, 1.807) is 0 Å². The van der Waals surface area contributed by atoms with E-state index in [1.807, 2.05) is 47.7 Å². The Morgan fingerprint density at radius 1 is 0.577 bits per heavy atom. The highest BCUT2D eigenvalue weighted by Crippen LogP contribution is 2.54. The third-order valence-electron chi connectivity index (χ3n) is 10.9. The van der Waals surface area contributed by atoms with Crippen molar-refractivity contribution in [3.05, 3.63) is 174 Å². The summed E-state index contributed by atoms with van der Waals surface area (Å²) < 4.78 is 2.55. The maximum atomic E-state index is 5.03. The largest absolute Gasteiger partial charge is 0.332 e. The molecule has 6 aromatic carbocycles. The molecule has 1 aliphatic heterocycles. The van der Waals surface area contributed by atoms with Gasteiger partial charge in [0.15, 0.2) is 17.5 Å². The van der Waals surface area contributed by atoms with Crippen LogP contribution in [0.5, 0.6) is 0 Å². The van der Waals surface area contributed by atoms with Gasteiger partial charge in [0, 0.05) is 43.8 Å². The van der Waals surface area contributed by atoms with Gasteiger partial charge in [-0.3, -0.25) is 0 Å². The van der Waals surface area contributed by atoms with Crippen LogP contribution in [0, 0.1) is 0 Å². The van der Waals surface area contributed by atoms with E-state index in [9.17, 15) is 0 Å². The van der Waals surface area contributed by atoms with Gasteiger partial charge in [-0.1, -0.05) is 121 Å². The molecule has 0 saturated carbocycles. The Kier molecular flexibility index (Phi) is 6.64. The van der Waals surface area contributed by atoms with Crippen LogP contribution < -0.4 is 4.90 Å². The summed E-state index contributed by atoms with van der Waals surface area (Å²) in [6.45, 7) is 0. The number of allylic oxidation sites excluding steroid dienone is 4. The van der Waals surface area contributed by atoms with E-state index >= 15 is 0 Å². The molecule has 0 bridgehead atoms. The van der Waals surface area contributed by atoms with Gasteiger partial charge in [-0.2, -0.15) is 0 Å². The van der Waals surface area contributed by atoms with Gasteiger partial charge >= 0.3 is 0 Å². The molecule has 0 spiro atoms. The van der Waals surface area contributed by atoms with E-state index in [2.05, 4.69) is 126 Å². The molecule has 2 aliphatic carbocycles. The quantitative estimate of drug-likeness (QED) is 0.185. The lowest BCUT2D eigenvalue weighted by Crippen LogP contribution is -2.30. The molecule has 5 heteroatoms. The molecule has 4 nitrogen and oxygen atoms in total. The van der Waals surface area contributed by atoms with Gasteiger partial charge in [0.25, 0.3) is 0 Å². The normalized spacial score (nSPS) is 17.6. The van der Waals surface area contributed by atoms with Gasteiger partial charge in [0.1, 0.15) is 0 Å². The molecule has 0 radical (unpaired) electrons. The molecule has 52 heavy (non-hydrogen) atoms. The fraction of sp³-hybridized carbons (Fsp3) is 0.0851. The first kappa shape index (κ1) is 29.5. The maximum Gasteiger partial charge on any atom is 0.164 e. The van der Waals surface area contributed by atoms with Crippen molar-refractivity contribution < 1.29 is 0 Å². The molecule has 0 N–H and O–H groups in total. The monoisotopic (exact) mass is 684 g/mol. The van der Waals surface area contributed by atoms with Crippen LogP contribution in [0.3, 0.4) is 0 Å². The van der Waals surface area contributed by atoms with Crippen LogP contribution in [-0.2, 0) is 0 Å². The number of nitrogens with zero attached hydrogens (tertiary/aromatic N) is 4. The minimum absolute atomic E-state index is 0.206.